The summed E-state index contributed by atoms with van der Waals surface area (Å²) in [6.45, 7) is -0.102. The summed E-state index contributed by atoms with van der Waals surface area (Å²) in [4.78, 5) is 53.0. The number of amides is 4. The Morgan fingerprint density at radius 3 is 2.41 bits per heavy atom. The number of fused-ring (bicyclic) bond motifs is 1. The second-order valence-electron chi connectivity index (χ2n) is 10.2. The van der Waals surface area contributed by atoms with E-state index in [0.717, 1.165) is 16.9 Å². The summed E-state index contributed by atoms with van der Waals surface area (Å²) in [6, 6.07) is 5.73. The second-order valence-corrected chi connectivity index (χ2v) is 10.6. The molecule has 7 nitrogen and oxygen atoms in total. The number of hydrogen-bond acceptors (Lipinski definition) is 4. The number of carbonyl (C=O) groups is 4. The van der Waals surface area contributed by atoms with Gasteiger partial charge in [0.1, 0.15) is 37.4 Å². The normalized spacial score (nSPS) is 18.9. The van der Waals surface area contributed by atoms with Crippen molar-refractivity contribution in [1.82, 2.24) is 15.0 Å². The fourth-order valence-electron chi connectivity index (χ4n) is 5.52. The SMILES string of the molecule is Bc1cc2c(c(B)c1CN(B)C(=O)C(F)(F)c1ccc(Cl)cc1)C(B)(B)N(C1CCC(=O)NC1=O)C2=O. The topological polar surface area (TPSA) is 86.8 Å². The van der Waals surface area contributed by atoms with Crippen LogP contribution in [0.3, 0.4) is 0 Å². The molecule has 2 aliphatic rings. The number of nitrogens with one attached hydrogen (secondary N) is 1. The Bertz CT molecular complexity index is 1340. The van der Waals surface area contributed by atoms with E-state index in [1.807, 2.05) is 15.7 Å². The first-order valence-electron chi connectivity index (χ1n) is 11.9. The first-order chi connectivity index (χ1) is 17.2. The van der Waals surface area contributed by atoms with Crippen LogP contribution in [0, 0.1) is 0 Å². The van der Waals surface area contributed by atoms with Crippen LogP contribution in [-0.4, -0.2) is 78.7 Å². The fraction of sp³-hybridized carbons (Fsp3) is 0.273. The molecule has 37 heavy (non-hydrogen) atoms. The second kappa shape index (κ2) is 9.38. The summed E-state index contributed by atoms with van der Waals surface area (Å²) >= 11 is 5.80. The Morgan fingerprint density at radius 2 is 1.81 bits per heavy atom. The molecule has 4 rings (SSSR count). The Hall–Kier alpha value is -3.01. The molecule has 2 aromatic rings. The van der Waals surface area contributed by atoms with Crippen LogP contribution in [0.25, 0.3) is 0 Å². The third kappa shape index (κ3) is 4.49. The highest BCUT2D eigenvalue weighted by molar-refractivity contribution is 6.48. The molecule has 15 heteroatoms. The Kier molecular flexibility index (Phi) is 6.86. The third-order valence-corrected chi connectivity index (χ3v) is 7.59. The number of rotatable bonds is 5. The van der Waals surface area contributed by atoms with Gasteiger partial charge in [-0.05, 0) is 29.7 Å². The first-order valence-corrected chi connectivity index (χ1v) is 12.3. The van der Waals surface area contributed by atoms with Crippen molar-refractivity contribution in [3.63, 3.8) is 0 Å². The van der Waals surface area contributed by atoms with Crippen LogP contribution < -0.4 is 16.2 Å². The maximum absolute atomic E-state index is 15.0. The van der Waals surface area contributed by atoms with Gasteiger partial charge < -0.3 is 9.71 Å². The van der Waals surface area contributed by atoms with Crippen LogP contribution in [0.4, 0.5) is 8.78 Å². The molecular formula is C22H23B5ClF2N3O4. The van der Waals surface area contributed by atoms with E-state index in [1.165, 1.54) is 25.0 Å². The van der Waals surface area contributed by atoms with E-state index in [2.05, 4.69) is 5.32 Å². The molecule has 0 saturated carbocycles. The number of halogens is 3. The van der Waals surface area contributed by atoms with Crippen LogP contribution in [0.1, 0.15) is 39.9 Å². The van der Waals surface area contributed by atoms with Gasteiger partial charge in [-0.25, -0.2) is 0 Å². The van der Waals surface area contributed by atoms with Gasteiger partial charge in [0.15, 0.2) is 0 Å². The van der Waals surface area contributed by atoms with Crippen molar-refractivity contribution in [2.24, 2.45) is 0 Å². The maximum atomic E-state index is 15.0. The smallest absolute Gasteiger partial charge is 0.348 e. The van der Waals surface area contributed by atoms with Gasteiger partial charge in [0, 0.05) is 34.5 Å². The van der Waals surface area contributed by atoms with Crippen LogP contribution >= 0.6 is 11.6 Å². The summed E-state index contributed by atoms with van der Waals surface area (Å²) in [5.74, 6) is -6.34. The van der Waals surface area contributed by atoms with Crippen molar-refractivity contribution in [3.8, 4) is 0 Å². The van der Waals surface area contributed by atoms with Crippen molar-refractivity contribution in [3.05, 3.63) is 57.6 Å². The molecule has 0 spiro atoms. The van der Waals surface area contributed by atoms with E-state index >= 15 is 8.78 Å². The van der Waals surface area contributed by atoms with Gasteiger partial charge in [-0.15, -0.1) is 0 Å². The number of nitrogens with zero attached hydrogens (tertiary/aromatic N) is 2. The summed E-state index contributed by atoms with van der Waals surface area (Å²) in [6.07, 6.45) is 0.348. The predicted octanol–water partition coefficient (Wildman–Crippen LogP) is -3.84. The van der Waals surface area contributed by atoms with Gasteiger partial charge >= 0.3 is 5.92 Å². The van der Waals surface area contributed by atoms with Crippen molar-refractivity contribution in [1.29, 1.82) is 0 Å². The Morgan fingerprint density at radius 1 is 1.19 bits per heavy atom. The minimum Gasteiger partial charge on any atom is -0.384 e. The summed E-state index contributed by atoms with van der Waals surface area (Å²) < 4.78 is 30.0. The van der Waals surface area contributed by atoms with Crippen LogP contribution in [0.5, 0.6) is 0 Å². The molecule has 2 heterocycles. The highest BCUT2D eigenvalue weighted by Gasteiger charge is 2.50. The number of piperidine rings is 1. The zero-order valence-electron chi connectivity index (χ0n) is 21.2. The van der Waals surface area contributed by atoms with Crippen LogP contribution in [0.2, 0.25) is 5.02 Å². The average molecular weight is 521 g/mol. The lowest BCUT2D eigenvalue weighted by Gasteiger charge is -2.40. The molecule has 1 N–H and O–H groups in total. The molecule has 0 aliphatic carbocycles. The molecular weight excluding hydrogens is 498 g/mol. The molecule has 0 aromatic heterocycles. The molecule has 2 aromatic carbocycles. The number of imide groups is 1. The van der Waals surface area contributed by atoms with E-state index in [1.54, 1.807) is 21.8 Å². The molecule has 0 bridgehead atoms. The van der Waals surface area contributed by atoms with Gasteiger partial charge in [0.25, 0.3) is 11.8 Å². The van der Waals surface area contributed by atoms with Crippen molar-refractivity contribution in [2.45, 2.75) is 36.7 Å². The number of alkyl halides is 2. The van der Waals surface area contributed by atoms with Crippen molar-refractivity contribution >= 4 is 85.5 Å². The van der Waals surface area contributed by atoms with Gasteiger partial charge in [0.05, 0.1) is 0 Å². The van der Waals surface area contributed by atoms with Gasteiger partial charge in [0.2, 0.25) is 19.8 Å². The molecule has 2 aliphatic heterocycles. The number of benzene rings is 2. The quantitative estimate of drug-likeness (QED) is 0.323. The third-order valence-electron chi connectivity index (χ3n) is 7.34. The average Bonchev–Trinajstić information content (AvgIpc) is 3.01. The molecule has 1 unspecified atom stereocenters. The standard InChI is InChI=1S/C22H23B5ClF2N3O4/c23-13-7-11-16(22(25,26)33(19(11)36)14-5-6-15(34)31-18(14)35)17(24)12(13)8-32(27)20(37)21(29,30)9-1-3-10(28)4-2-9/h1-4,7,14H,5-6,8,23-27H2,(H,31,34,35). The summed E-state index contributed by atoms with van der Waals surface area (Å²) in [5.41, 5.74) is 2.65. The zero-order valence-corrected chi connectivity index (χ0v) is 22.0. The molecule has 0 radical (unpaired) electrons. The van der Waals surface area contributed by atoms with Crippen LogP contribution in [0.15, 0.2) is 30.3 Å². The van der Waals surface area contributed by atoms with E-state index in [4.69, 9.17) is 11.6 Å². The highest BCUT2D eigenvalue weighted by Crippen LogP contribution is 2.37. The zero-order chi connectivity index (χ0) is 27.4. The Labute approximate surface area is 222 Å². The minimum atomic E-state index is -3.75. The molecule has 186 valence electrons. The summed E-state index contributed by atoms with van der Waals surface area (Å²) in [5, 5.41) is 1.68. The lowest BCUT2D eigenvalue weighted by atomic mass is 9.54. The fourth-order valence-corrected chi connectivity index (χ4v) is 5.65. The first kappa shape index (κ1) is 27.0. The Balaban J connectivity index is 1.66. The van der Waals surface area contributed by atoms with Gasteiger partial charge in [-0.2, -0.15) is 8.78 Å². The lowest BCUT2D eigenvalue weighted by molar-refractivity contribution is -0.154. The van der Waals surface area contributed by atoms with Crippen molar-refractivity contribution in [2.75, 3.05) is 0 Å². The van der Waals surface area contributed by atoms with E-state index in [0.29, 0.717) is 27.6 Å². The molecule has 1 fully saturated rings. The van der Waals surface area contributed by atoms with E-state index < -0.39 is 34.7 Å². The van der Waals surface area contributed by atoms with Crippen molar-refractivity contribution < 1.29 is 28.0 Å². The maximum Gasteiger partial charge on any atom is 0.348 e. The van der Waals surface area contributed by atoms with Gasteiger partial charge in [-0.1, -0.05) is 40.7 Å². The van der Waals surface area contributed by atoms with Gasteiger partial charge in [-0.3, -0.25) is 24.5 Å². The molecule has 1 atom stereocenters. The number of carbonyl (C=O) groups excluding carboxylic acids is 4. The van der Waals surface area contributed by atoms with E-state index in [9.17, 15) is 19.2 Å². The predicted molar refractivity (Wildman–Crippen MR) is 148 cm³/mol. The molecule has 1 saturated heterocycles. The lowest BCUT2D eigenvalue weighted by Crippen LogP contribution is -2.59. The van der Waals surface area contributed by atoms with E-state index in [-0.39, 0.29) is 36.2 Å². The van der Waals surface area contributed by atoms with Crippen LogP contribution in [-0.2, 0) is 32.2 Å². The highest BCUT2D eigenvalue weighted by atomic mass is 35.5. The molecule has 4 amide bonds. The summed E-state index contributed by atoms with van der Waals surface area (Å²) in [7, 11) is 8.49. The monoisotopic (exact) mass is 521 g/mol. The largest absolute Gasteiger partial charge is 0.384 e. The number of hydrogen-bond donors (Lipinski definition) is 1. The minimum absolute atomic E-state index is 0.102.